The van der Waals surface area contributed by atoms with Crippen molar-refractivity contribution in [1.82, 2.24) is 19.9 Å². The fourth-order valence-electron chi connectivity index (χ4n) is 2.50. The van der Waals surface area contributed by atoms with Crippen LogP contribution in [0, 0.1) is 0 Å². The summed E-state index contributed by atoms with van der Waals surface area (Å²) in [6.07, 6.45) is 0. The van der Waals surface area contributed by atoms with Gasteiger partial charge in [0.05, 0.1) is 0 Å². The van der Waals surface area contributed by atoms with Crippen molar-refractivity contribution in [3.05, 3.63) is 0 Å². The number of anilines is 3. The maximum absolute atomic E-state index is 4.60. The molecule has 0 radical (unpaired) electrons. The third-order valence-electron chi connectivity index (χ3n) is 3.99. The molecule has 1 aromatic heterocycles. The van der Waals surface area contributed by atoms with E-state index in [9.17, 15) is 0 Å². The Balaban J connectivity index is 2.29. The molecule has 0 aliphatic carbocycles. The fraction of sp³-hybridized carbons (Fsp3) is 0.786. The highest BCUT2D eigenvalue weighted by atomic mass is 15.4. The minimum absolute atomic E-state index is 0.482. The van der Waals surface area contributed by atoms with E-state index in [1.54, 1.807) is 0 Å². The molecule has 2 rings (SSSR count). The Labute approximate surface area is 127 Å². The van der Waals surface area contributed by atoms with Crippen molar-refractivity contribution < 1.29 is 0 Å². The van der Waals surface area contributed by atoms with Crippen LogP contribution < -0.4 is 15.1 Å². The molecule has 1 aliphatic heterocycles. The first kappa shape index (κ1) is 15.8. The van der Waals surface area contributed by atoms with Crippen molar-refractivity contribution in [2.24, 2.45) is 0 Å². The molecule has 0 bridgehead atoms. The predicted octanol–water partition coefficient (Wildman–Crippen LogP) is 0.898. The molecule has 7 nitrogen and oxygen atoms in total. The molecule has 7 heteroatoms. The van der Waals surface area contributed by atoms with Crippen LogP contribution in [0.1, 0.15) is 20.8 Å². The van der Waals surface area contributed by atoms with Crippen LogP contribution >= 0.6 is 0 Å². The summed E-state index contributed by atoms with van der Waals surface area (Å²) in [6, 6.07) is 0.965. The largest absolute Gasteiger partial charge is 0.354 e. The molecule has 0 aromatic carbocycles. The van der Waals surface area contributed by atoms with E-state index in [4.69, 9.17) is 0 Å². The molecule has 1 N–H and O–H groups in total. The molecule has 0 spiro atoms. The van der Waals surface area contributed by atoms with Crippen molar-refractivity contribution in [1.29, 1.82) is 0 Å². The third-order valence-corrected chi connectivity index (χ3v) is 3.99. The van der Waals surface area contributed by atoms with Gasteiger partial charge in [0.15, 0.2) is 0 Å². The average molecular weight is 293 g/mol. The number of aromatic nitrogens is 3. The van der Waals surface area contributed by atoms with Gasteiger partial charge in [-0.15, -0.1) is 0 Å². The van der Waals surface area contributed by atoms with Gasteiger partial charge in [0.1, 0.15) is 0 Å². The number of hydrogen-bond acceptors (Lipinski definition) is 7. The Hall–Kier alpha value is -1.63. The second kappa shape index (κ2) is 6.43. The van der Waals surface area contributed by atoms with Gasteiger partial charge in [0.2, 0.25) is 17.8 Å². The van der Waals surface area contributed by atoms with Gasteiger partial charge in [-0.2, -0.15) is 15.0 Å². The molecule has 2 heterocycles. The second-order valence-corrected chi connectivity index (χ2v) is 5.95. The summed E-state index contributed by atoms with van der Waals surface area (Å²) in [5, 5.41) is 3.19. The molecule has 1 fully saturated rings. The van der Waals surface area contributed by atoms with E-state index < -0.39 is 0 Å². The maximum Gasteiger partial charge on any atom is 0.232 e. The molecular weight excluding hydrogens is 266 g/mol. The zero-order valence-corrected chi connectivity index (χ0v) is 14.0. The lowest BCUT2D eigenvalue weighted by Crippen LogP contribution is -2.55. The maximum atomic E-state index is 4.60. The summed E-state index contributed by atoms with van der Waals surface area (Å²) in [6.45, 7) is 9.18. The van der Waals surface area contributed by atoms with Gasteiger partial charge >= 0.3 is 0 Å². The van der Waals surface area contributed by atoms with Crippen LogP contribution in [-0.2, 0) is 0 Å². The minimum atomic E-state index is 0.482. The zero-order chi connectivity index (χ0) is 15.6. The third kappa shape index (κ3) is 3.53. The molecule has 2 atom stereocenters. The highest BCUT2D eigenvalue weighted by Gasteiger charge is 2.28. The summed E-state index contributed by atoms with van der Waals surface area (Å²) in [5.74, 6) is 2.09. The van der Waals surface area contributed by atoms with Crippen LogP contribution in [0.15, 0.2) is 0 Å². The lowest BCUT2D eigenvalue weighted by atomic mass is 10.1. The lowest BCUT2D eigenvalue weighted by Gasteiger charge is -2.42. The second-order valence-electron chi connectivity index (χ2n) is 5.95. The van der Waals surface area contributed by atoms with E-state index in [0.29, 0.717) is 24.0 Å². The highest BCUT2D eigenvalue weighted by molar-refractivity contribution is 5.45. The number of nitrogens with one attached hydrogen (secondary N) is 1. The first-order chi connectivity index (χ1) is 9.92. The van der Waals surface area contributed by atoms with Gasteiger partial charge in [-0.25, -0.2) is 0 Å². The van der Waals surface area contributed by atoms with Crippen LogP contribution in [-0.4, -0.2) is 72.7 Å². The Morgan fingerprint density at radius 3 is 2.29 bits per heavy atom. The Kier molecular flexibility index (Phi) is 4.82. The van der Waals surface area contributed by atoms with Crippen molar-refractivity contribution in [2.45, 2.75) is 32.9 Å². The molecule has 1 aromatic rings. The monoisotopic (exact) mass is 293 g/mol. The van der Waals surface area contributed by atoms with E-state index in [-0.39, 0.29) is 0 Å². The highest BCUT2D eigenvalue weighted by Crippen LogP contribution is 2.20. The van der Waals surface area contributed by atoms with Gasteiger partial charge in [0.25, 0.3) is 0 Å². The molecule has 118 valence electrons. The van der Waals surface area contributed by atoms with E-state index in [0.717, 1.165) is 25.6 Å². The van der Waals surface area contributed by atoms with Crippen LogP contribution in [0.25, 0.3) is 0 Å². The first-order valence-corrected chi connectivity index (χ1v) is 7.56. The summed E-state index contributed by atoms with van der Waals surface area (Å²) < 4.78 is 0. The fourth-order valence-corrected chi connectivity index (χ4v) is 2.50. The molecule has 1 saturated heterocycles. The van der Waals surface area contributed by atoms with Crippen molar-refractivity contribution in [3.8, 4) is 0 Å². The van der Waals surface area contributed by atoms with Gasteiger partial charge in [-0.3, -0.25) is 4.90 Å². The van der Waals surface area contributed by atoms with Gasteiger partial charge in [-0.1, -0.05) is 0 Å². The summed E-state index contributed by atoms with van der Waals surface area (Å²) in [7, 11) is 6.07. The topological polar surface area (TPSA) is 60.4 Å². The van der Waals surface area contributed by atoms with Crippen molar-refractivity contribution >= 4 is 17.8 Å². The Morgan fingerprint density at radius 1 is 1.14 bits per heavy atom. The molecule has 0 saturated carbocycles. The van der Waals surface area contributed by atoms with E-state index in [1.807, 2.05) is 25.9 Å². The first-order valence-electron chi connectivity index (χ1n) is 7.56. The number of piperazine rings is 1. The standard InChI is InChI=1S/C14H27N7/c1-7-15-12-16-13(19(4)5)18-14(17-12)21-8-10(2)20(6)11(3)9-21/h10-11H,7-9H2,1-6H3,(H,15,16,17,18). The number of rotatable bonds is 4. The Morgan fingerprint density at radius 2 is 1.76 bits per heavy atom. The Bertz CT molecular complexity index is 464. The predicted molar refractivity (Wildman–Crippen MR) is 87.2 cm³/mol. The van der Waals surface area contributed by atoms with Gasteiger partial charge in [-0.05, 0) is 27.8 Å². The van der Waals surface area contributed by atoms with E-state index >= 15 is 0 Å². The minimum Gasteiger partial charge on any atom is -0.354 e. The van der Waals surface area contributed by atoms with Gasteiger partial charge in [0, 0.05) is 45.8 Å². The van der Waals surface area contributed by atoms with E-state index in [2.05, 4.69) is 51.0 Å². The zero-order valence-electron chi connectivity index (χ0n) is 14.0. The number of likely N-dealkylation sites (N-methyl/N-ethyl adjacent to an activating group) is 1. The molecular formula is C14H27N7. The van der Waals surface area contributed by atoms with Crippen molar-refractivity contribution in [2.75, 3.05) is 55.9 Å². The number of nitrogens with zero attached hydrogens (tertiary/aromatic N) is 6. The summed E-state index contributed by atoms with van der Waals surface area (Å²) in [5.41, 5.74) is 0. The smallest absolute Gasteiger partial charge is 0.232 e. The van der Waals surface area contributed by atoms with Crippen molar-refractivity contribution in [3.63, 3.8) is 0 Å². The SMILES string of the molecule is CCNc1nc(N(C)C)nc(N2CC(C)N(C)C(C)C2)n1. The number of hydrogen-bond donors (Lipinski definition) is 1. The van der Waals surface area contributed by atoms with Crippen LogP contribution in [0.2, 0.25) is 0 Å². The van der Waals surface area contributed by atoms with E-state index in [1.165, 1.54) is 0 Å². The summed E-state index contributed by atoms with van der Waals surface area (Å²) >= 11 is 0. The van der Waals surface area contributed by atoms with Crippen LogP contribution in [0.4, 0.5) is 17.8 Å². The summed E-state index contributed by atoms with van der Waals surface area (Å²) in [4.78, 5) is 20.2. The molecule has 21 heavy (non-hydrogen) atoms. The molecule has 1 aliphatic rings. The lowest BCUT2D eigenvalue weighted by molar-refractivity contribution is 0.169. The molecule has 2 unspecified atom stereocenters. The van der Waals surface area contributed by atoms with Crippen LogP contribution in [0.5, 0.6) is 0 Å². The normalized spacial score (nSPS) is 23.2. The van der Waals surface area contributed by atoms with Crippen LogP contribution in [0.3, 0.4) is 0 Å². The van der Waals surface area contributed by atoms with Gasteiger partial charge < -0.3 is 15.1 Å². The quantitative estimate of drug-likeness (QED) is 0.885. The molecule has 0 amide bonds. The average Bonchev–Trinajstić information content (AvgIpc) is 2.44.